The Morgan fingerprint density at radius 1 is 1.10 bits per heavy atom. The Labute approximate surface area is 122 Å². The highest BCUT2D eigenvalue weighted by Gasteiger charge is 2.15. The van der Waals surface area contributed by atoms with Gasteiger partial charge in [0.2, 0.25) is 0 Å². The zero-order chi connectivity index (χ0) is 13.9. The highest BCUT2D eigenvalue weighted by Crippen LogP contribution is 2.13. The lowest BCUT2D eigenvalue weighted by Gasteiger charge is -2.31. The van der Waals surface area contributed by atoms with Gasteiger partial charge in [-0.25, -0.2) is 9.69 Å². The summed E-state index contributed by atoms with van der Waals surface area (Å²) in [5.41, 5.74) is 1.92. The molecule has 1 aliphatic heterocycles. The molecule has 0 radical (unpaired) electrons. The van der Waals surface area contributed by atoms with Crippen molar-refractivity contribution in [3.63, 3.8) is 0 Å². The number of halogens is 1. The Bertz CT molecular complexity index is 558. The van der Waals surface area contributed by atoms with Crippen LogP contribution in [0.4, 0.5) is 0 Å². The maximum atomic E-state index is 5.88. The van der Waals surface area contributed by atoms with E-state index in [2.05, 4.69) is 15.2 Å². The van der Waals surface area contributed by atoms with E-state index in [1.165, 1.54) is 0 Å². The van der Waals surface area contributed by atoms with Crippen molar-refractivity contribution in [3.8, 4) is 5.69 Å². The third kappa shape index (κ3) is 3.16. The highest BCUT2D eigenvalue weighted by atomic mass is 35.5. The van der Waals surface area contributed by atoms with E-state index in [0.717, 1.165) is 44.1 Å². The van der Waals surface area contributed by atoms with Crippen LogP contribution in [0, 0.1) is 0 Å². The first-order valence-electron chi connectivity index (χ1n) is 6.60. The second-order valence-corrected chi connectivity index (χ2v) is 5.38. The van der Waals surface area contributed by atoms with Gasteiger partial charge in [0.15, 0.2) is 0 Å². The molecule has 106 valence electrons. The summed E-state index contributed by atoms with van der Waals surface area (Å²) in [5.74, 6) is 5.75. The van der Waals surface area contributed by atoms with E-state index in [-0.39, 0.29) is 0 Å². The maximum Gasteiger partial charge on any atom is 0.0971 e. The second kappa shape index (κ2) is 5.88. The summed E-state index contributed by atoms with van der Waals surface area (Å²) in [5, 5.41) is 10.9. The number of piperazine rings is 1. The van der Waals surface area contributed by atoms with Gasteiger partial charge in [-0.05, 0) is 24.3 Å². The van der Waals surface area contributed by atoms with Crippen molar-refractivity contribution in [1.82, 2.24) is 24.9 Å². The minimum Gasteiger partial charge on any atom is -0.295 e. The molecule has 3 rings (SSSR count). The van der Waals surface area contributed by atoms with E-state index in [1.54, 1.807) is 4.68 Å². The summed E-state index contributed by atoms with van der Waals surface area (Å²) in [6.07, 6.45) is 1.96. The number of benzene rings is 1. The number of hydrazine groups is 1. The first-order valence-corrected chi connectivity index (χ1v) is 6.98. The topological polar surface area (TPSA) is 63.2 Å². The van der Waals surface area contributed by atoms with Crippen molar-refractivity contribution in [2.75, 3.05) is 26.2 Å². The largest absolute Gasteiger partial charge is 0.295 e. The van der Waals surface area contributed by atoms with Gasteiger partial charge in [-0.15, -0.1) is 5.10 Å². The Balaban J connectivity index is 1.66. The number of aromatic nitrogens is 3. The van der Waals surface area contributed by atoms with Crippen LogP contribution in [0.2, 0.25) is 5.02 Å². The minimum absolute atomic E-state index is 0.716. The van der Waals surface area contributed by atoms with Crippen LogP contribution in [0.3, 0.4) is 0 Å². The third-order valence-corrected chi connectivity index (χ3v) is 3.68. The summed E-state index contributed by atoms with van der Waals surface area (Å²) in [6, 6.07) is 7.54. The molecule has 0 atom stereocenters. The molecule has 1 fully saturated rings. The summed E-state index contributed by atoms with van der Waals surface area (Å²) >= 11 is 5.88. The van der Waals surface area contributed by atoms with Crippen molar-refractivity contribution in [2.24, 2.45) is 5.84 Å². The van der Waals surface area contributed by atoms with Crippen LogP contribution in [0.5, 0.6) is 0 Å². The van der Waals surface area contributed by atoms with E-state index in [9.17, 15) is 0 Å². The third-order valence-electron chi connectivity index (χ3n) is 3.42. The maximum absolute atomic E-state index is 5.88. The van der Waals surface area contributed by atoms with Gasteiger partial charge in [-0.2, -0.15) is 0 Å². The van der Waals surface area contributed by atoms with Crippen molar-refractivity contribution in [2.45, 2.75) is 6.54 Å². The predicted octanol–water partition coefficient (Wildman–Crippen LogP) is 0.912. The van der Waals surface area contributed by atoms with E-state index in [1.807, 2.05) is 35.5 Å². The van der Waals surface area contributed by atoms with E-state index in [4.69, 9.17) is 17.4 Å². The van der Waals surface area contributed by atoms with E-state index >= 15 is 0 Å². The van der Waals surface area contributed by atoms with Gasteiger partial charge in [0, 0.05) is 37.7 Å². The molecule has 0 aliphatic carbocycles. The standard InChI is InChI=1S/C13H17ClN6/c14-11-1-3-13(4-2-11)20-10-12(16-17-20)9-18-5-7-19(15)8-6-18/h1-4,10H,5-9,15H2. The van der Waals surface area contributed by atoms with Crippen LogP contribution in [-0.4, -0.2) is 51.1 Å². The Kier molecular flexibility index (Phi) is 3.98. The first kappa shape index (κ1) is 13.5. The van der Waals surface area contributed by atoms with Crippen LogP contribution in [0.25, 0.3) is 5.69 Å². The van der Waals surface area contributed by atoms with Gasteiger partial charge in [0.25, 0.3) is 0 Å². The molecule has 0 spiro atoms. The summed E-state index contributed by atoms with van der Waals surface area (Å²) in [6.45, 7) is 4.52. The minimum atomic E-state index is 0.716. The van der Waals surface area contributed by atoms with Gasteiger partial charge in [0.1, 0.15) is 0 Å². The molecule has 7 heteroatoms. The Morgan fingerprint density at radius 2 is 1.80 bits per heavy atom. The Hall–Kier alpha value is -1.47. The fourth-order valence-electron chi connectivity index (χ4n) is 2.24. The van der Waals surface area contributed by atoms with Crippen LogP contribution >= 0.6 is 11.6 Å². The SMILES string of the molecule is NN1CCN(Cc2cn(-c3ccc(Cl)cc3)nn2)CC1. The fraction of sp³-hybridized carbons (Fsp3) is 0.385. The summed E-state index contributed by atoms with van der Waals surface area (Å²) < 4.78 is 1.77. The van der Waals surface area contributed by atoms with Crippen molar-refractivity contribution >= 4 is 11.6 Å². The smallest absolute Gasteiger partial charge is 0.0971 e. The van der Waals surface area contributed by atoms with Crippen molar-refractivity contribution in [3.05, 3.63) is 41.2 Å². The van der Waals surface area contributed by atoms with Gasteiger partial charge in [-0.3, -0.25) is 10.7 Å². The number of nitrogens with two attached hydrogens (primary N) is 1. The lowest BCUT2D eigenvalue weighted by Crippen LogP contribution is -2.48. The molecule has 1 aromatic heterocycles. The lowest BCUT2D eigenvalue weighted by atomic mass is 10.3. The van der Waals surface area contributed by atoms with E-state index in [0.29, 0.717) is 5.02 Å². The Morgan fingerprint density at radius 3 is 2.50 bits per heavy atom. The van der Waals surface area contributed by atoms with E-state index < -0.39 is 0 Å². The van der Waals surface area contributed by atoms with Crippen LogP contribution < -0.4 is 5.84 Å². The fourth-order valence-corrected chi connectivity index (χ4v) is 2.37. The van der Waals surface area contributed by atoms with Crippen LogP contribution in [-0.2, 0) is 6.54 Å². The number of hydrogen-bond acceptors (Lipinski definition) is 5. The van der Waals surface area contributed by atoms with Gasteiger partial charge in [-0.1, -0.05) is 16.8 Å². The summed E-state index contributed by atoms with van der Waals surface area (Å²) in [7, 11) is 0. The van der Waals surface area contributed by atoms with Gasteiger partial charge in [0.05, 0.1) is 17.6 Å². The molecule has 20 heavy (non-hydrogen) atoms. The van der Waals surface area contributed by atoms with Crippen molar-refractivity contribution < 1.29 is 0 Å². The molecular weight excluding hydrogens is 276 g/mol. The summed E-state index contributed by atoms with van der Waals surface area (Å²) in [4.78, 5) is 2.33. The molecule has 0 saturated carbocycles. The average molecular weight is 293 g/mol. The second-order valence-electron chi connectivity index (χ2n) is 4.94. The van der Waals surface area contributed by atoms with Crippen LogP contribution in [0.1, 0.15) is 5.69 Å². The number of nitrogens with zero attached hydrogens (tertiary/aromatic N) is 5. The molecule has 6 nitrogen and oxygen atoms in total. The zero-order valence-electron chi connectivity index (χ0n) is 11.1. The molecule has 1 aromatic carbocycles. The monoisotopic (exact) mass is 292 g/mol. The van der Waals surface area contributed by atoms with Crippen molar-refractivity contribution in [1.29, 1.82) is 0 Å². The molecule has 0 amide bonds. The molecular formula is C13H17ClN6. The molecule has 2 heterocycles. The zero-order valence-corrected chi connectivity index (χ0v) is 11.9. The quantitative estimate of drug-likeness (QED) is 0.852. The molecule has 0 bridgehead atoms. The average Bonchev–Trinajstić information content (AvgIpc) is 2.91. The van der Waals surface area contributed by atoms with Gasteiger partial charge >= 0.3 is 0 Å². The number of rotatable bonds is 3. The number of hydrogen-bond donors (Lipinski definition) is 1. The predicted molar refractivity (Wildman–Crippen MR) is 77.4 cm³/mol. The lowest BCUT2D eigenvalue weighted by molar-refractivity contribution is 0.127. The first-order chi connectivity index (χ1) is 9.70. The molecule has 0 unspecified atom stereocenters. The highest BCUT2D eigenvalue weighted by molar-refractivity contribution is 6.30. The molecule has 1 aliphatic rings. The van der Waals surface area contributed by atoms with Gasteiger partial charge < -0.3 is 0 Å². The van der Waals surface area contributed by atoms with Crippen LogP contribution in [0.15, 0.2) is 30.5 Å². The molecule has 2 N–H and O–H groups in total. The molecule has 1 saturated heterocycles. The molecule has 2 aromatic rings. The normalized spacial score (nSPS) is 17.5.